The van der Waals surface area contributed by atoms with E-state index in [1.165, 1.54) is 6.42 Å². The molecular weight excluding hydrogens is 279 g/mol. The molecule has 0 aromatic rings. The van der Waals surface area contributed by atoms with Gasteiger partial charge in [-0.15, -0.1) is 0 Å². The van der Waals surface area contributed by atoms with Gasteiger partial charge in [-0.25, -0.2) is 0 Å². The molecule has 0 heterocycles. The molecule has 0 radical (unpaired) electrons. The minimum Gasteiger partial charge on any atom is -0.372 e. The largest absolute Gasteiger partial charge is 0.411 e. The number of nitrogens with one attached hydrogen (secondary N) is 1. The molecule has 1 saturated carbocycles. The number of halogens is 3. The molecule has 1 amide bonds. The van der Waals surface area contributed by atoms with Crippen molar-refractivity contribution in [2.24, 2.45) is 0 Å². The molecule has 0 aromatic carbocycles. The van der Waals surface area contributed by atoms with Gasteiger partial charge in [-0.05, 0) is 19.1 Å². The van der Waals surface area contributed by atoms with E-state index in [1.54, 1.807) is 11.8 Å². The molecule has 0 bridgehead atoms. The Kier molecular flexibility index (Phi) is 6.99. The zero-order valence-electron chi connectivity index (χ0n) is 11.0. The number of hydrogen-bond acceptors (Lipinski definition) is 3. The first-order valence-electron chi connectivity index (χ1n) is 6.39. The van der Waals surface area contributed by atoms with Crippen LogP contribution in [0.5, 0.6) is 0 Å². The third-order valence-electron chi connectivity index (χ3n) is 3.09. The lowest BCUT2D eigenvalue weighted by molar-refractivity contribution is -0.174. The molecule has 19 heavy (non-hydrogen) atoms. The molecule has 1 rings (SSSR count). The standard InChI is InChI=1S/C12H20F3NO2S/c1-19-10-5-3-2-4-9(10)16-11(17)6-7-18-8-12(13,14)15/h9-10H,2-8H2,1H3,(H,16,17)/t9-,10+/m0/s1. The summed E-state index contributed by atoms with van der Waals surface area (Å²) in [6.07, 6.45) is 1.95. The fraction of sp³-hybridized carbons (Fsp3) is 0.917. The smallest absolute Gasteiger partial charge is 0.372 e. The monoisotopic (exact) mass is 299 g/mol. The molecule has 2 atom stereocenters. The molecule has 1 aliphatic carbocycles. The Morgan fingerprint density at radius 2 is 2.05 bits per heavy atom. The highest BCUT2D eigenvalue weighted by molar-refractivity contribution is 7.99. The van der Waals surface area contributed by atoms with Crippen molar-refractivity contribution in [2.75, 3.05) is 19.5 Å². The van der Waals surface area contributed by atoms with Gasteiger partial charge < -0.3 is 10.1 Å². The van der Waals surface area contributed by atoms with Crippen molar-refractivity contribution in [3.05, 3.63) is 0 Å². The van der Waals surface area contributed by atoms with Crippen molar-refractivity contribution in [3.63, 3.8) is 0 Å². The van der Waals surface area contributed by atoms with Crippen LogP contribution in [0.25, 0.3) is 0 Å². The second-order valence-corrected chi connectivity index (χ2v) is 5.73. The number of hydrogen-bond donors (Lipinski definition) is 1. The van der Waals surface area contributed by atoms with Gasteiger partial charge in [0.2, 0.25) is 5.91 Å². The van der Waals surface area contributed by atoms with Crippen molar-refractivity contribution in [3.8, 4) is 0 Å². The number of carbonyl (C=O) groups excluding carboxylic acids is 1. The van der Waals surface area contributed by atoms with Crippen molar-refractivity contribution in [1.29, 1.82) is 0 Å². The summed E-state index contributed by atoms with van der Waals surface area (Å²) < 4.78 is 39.9. The number of rotatable bonds is 6. The fourth-order valence-corrected chi connectivity index (χ4v) is 3.11. The molecule has 0 aromatic heterocycles. The number of ether oxygens (including phenoxy) is 1. The van der Waals surface area contributed by atoms with E-state index in [2.05, 4.69) is 10.1 Å². The Morgan fingerprint density at radius 1 is 1.37 bits per heavy atom. The van der Waals surface area contributed by atoms with Crippen LogP contribution in [0.3, 0.4) is 0 Å². The lowest BCUT2D eigenvalue weighted by atomic mass is 9.95. The van der Waals surface area contributed by atoms with Crippen molar-refractivity contribution in [2.45, 2.75) is 49.6 Å². The Balaban J connectivity index is 2.19. The molecule has 3 nitrogen and oxygen atoms in total. The van der Waals surface area contributed by atoms with Crippen LogP contribution >= 0.6 is 11.8 Å². The predicted molar refractivity (Wildman–Crippen MR) is 69.2 cm³/mol. The highest BCUT2D eigenvalue weighted by Gasteiger charge is 2.28. The van der Waals surface area contributed by atoms with Gasteiger partial charge in [0, 0.05) is 17.7 Å². The molecule has 0 unspecified atom stereocenters. The van der Waals surface area contributed by atoms with Gasteiger partial charge in [0.05, 0.1) is 6.61 Å². The number of alkyl halides is 3. The van der Waals surface area contributed by atoms with E-state index in [4.69, 9.17) is 0 Å². The highest BCUT2D eigenvalue weighted by Crippen LogP contribution is 2.27. The summed E-state index contributed by atoms with van der Waals surface area (Å²) in [6, 6.07) is 0.138. The lowest BCUT2D eigenvalue weighted by Crippen LogP contribution is -2.44. The van der Waals surface area contributed by atoms with Crippen LogP contribution in [0.4, 0.5) is 13.2 Å². The zero-order valence-corrected chi connectivity index (χ0v) is 11.8. The van der Waals surface area contributed by atoms with Gasteiger partial charge in [0.1, 0.15) is 6.61 Å². The average molecular weight is 299 g/mol. The van der Waals surface area contributed by atoms with E-state index in [-0.39, 0.29) is 25.0 Å². The predicted octanol–water partition coefficient (Wildman–Crippen LogP) is 2.75. The highest BCUT2D eigenvalue weighted by atomic mass is 32.2. The second-order valence-electron chi connectivity index (χ2n) is 4.65. The first-order valence-corrected chi connectivity index (χ1v) is 7.68. The minimum atomic E-state index is -4.33. The molecule has 0 spiro atoms. The maximum Gasteiger partial charge on any atom is 0.411 e. The molecule has 1 fully saturated rings. The number of thioether (sulfide) groups is 1. The molecule has 1 aliphatic rings. The molecule has 1 N–H and O–H groups in total. The van der Waals surface area contributed by atoms with Crippen molar-refractivity contribution in [1.82, 2.24) is 5.32 Å². The number of amides is 1. The molecule has 0 aliphatic heterocycles. The zero-order chi connectivity index (χ0) is 14.3. The van der Waals surface area contributed by atoms with Crippen LogP contribution in [0.1, 0.15) is 32.1 Å². The van der Waals surface area contributed by atoms with Gasteiger partial charge >= 0.3 is 6.18 Å². The van der Waals surface area contributed by atoms with E-state index in [0.29, 0.717) is 5.25 Å². The topological polar surface area (TPSA) is 38.3 Å². The second kappa shape index (κ2) is 7.99. The molecule has 7 heteroatoms. The summed E-state index contributed by atoms with van der Waals surface area (Å²) >= 11 is 1.73. The third kappa shape index (κ3) is 7.06. The van der Waals surface area contributed by atoms with Crippen LogP contribution in [0.15, 0.2) is 0 Å². The molecular formula is C12H20F3NO2S. The number of carbonyl (C=O) groups is 1. The van der Waals surface area contributed by atoms with Crippen LogP contribution in [0.2, 0.25) is 0 Å². The maximum atomic E-state index is 11.8. The summed E-state index contributed by atoms with van der Waals surface area (Å²) in [5.41, 5.74) is 0. The summed E-state index contributed by atoms with van der Waals surface area (Å²) in [6.45, 7) is -1.49. The SMILES string of the molecule is CS[C@@H]1CCCC[C@@H]1NC(=O)CCOCC(F)(F)F. The summed E-state index contributed by atoms with van der Waals surface area (Å²) in [7, 11) is 0. The third-order valence-corrected chi connectivity index (χ3v) is 4.26. The summed E-state index contributed by atoms with van der Waals surface area (Å²) in [5.74, 6) is -0.229. The van der Waals surface area contributed by atoms with Gasteiger partial charge in [-0.2, -0.15) is 24.9 Å². The van der Waals surface area contributed by atoms with Crippen molar-refractivity contribution >= 4 is 17.7 Å². The van der Waals surface area contributed by atoms with Crippen LogP contribution in [0, 0.1) is 0 Å². The summed E-state index contributed by atoms with van der Waals surface area (Å²) in [5, 5.41) is 3.31. The van der Waals surface area contributed by atoms with E-state index in [0.717, 1.165) is 19.3 Å². The van der Waals surface area contributed by atoms with E-state index >= 15 is 0 Å². The van der Waals surface area contributed by atoms with Crippen LogP contribution in [-0.4, -0.2) is 42.8 Å². The van der Waals surface area contributed by atoms with Crippen LogP contribution < -0.4 is 5.32 Å². The van der Waals surface area contributed by atoms with Gasteiger partial charge in [-0.1, -0.05) is 12.8 Å². The minimum absolute atomic E-state index is 0.0202. The lowest BCUT2D eigenvalue weighted by Gasteiger charge is -2.30. The molecule has 0 saturated heterocycles. The normalized spacial score (nSPS) is 24.2. The Hall–Kier alpha value is -0.430. The first kappa shape index (κ1) is 16.6. The fourth-order valence-electron chi connectivity index (χ4n) is 2.18. The van der Waals surface area contributed by atoms with E-state index < -0.39 is 12.8 Å². The van der Waals surface area contributed by atoms with Crippen molar-refractivity contribution < 1.29 is 22.7 Å². The maximum absolute atomic E-state index is 11.8. The van der Waals surface area contributed by atoms with Gasteiger partial charge in [0.25, 0.3) is 0 Å². The summed E-state index contributed by atoms with van der Waals surface area (Å²) in [4.78, 5) is 11.6. The van der Waals surface area contributed by atoms with Crippen LogP contribution in [-0.2, 0) is 9.53 Å². The van der Waals surface area contributed by atoms with Gasteiger partial charge in [-0.3, -0.25) is 4.79 Å². The van der Waals surface area contributed by atoms with Gasteiger partial charge in [0.15, 0.2) is 0 Å². The first-order chi connectivity index (χ1) is 8.92. The Labute approximate surface area is 115 Å². The Morgan fingerprint density at radius 3 is 2.68 bits per heavy atom. The van der Waals surface area contributed by atoms with E-state index in [9.17, 15) is 18.0 Å². The van der Waals surface area contributed by atoms with E-state index in [1.807, 2.05) is 6.26 Å². The molecule has 112 valence electrons. The average Bonchev–Trinajstić information content (AvgIpc) is 2.34. The quantitative estimate of drug-likeness (QED) is 0.766. The Bertz CT molecular complexity index is 287.